The minimum atomic E-state index is -0.314. The standard InChI is InChI=1S/C30H28FN5OS/c1-3-26(29(37)35-15-14-20-8-4-5-9-21(20)17-35)38-30-32-28-27(33-34-30)23-16-19(2)12-13-25(23)36(28)18-22-10-6-7-11-24(22)31/h4-13,16,26H,3,14-15,17-18H2,1-2H3. The van der Waals surface area contributed by atoms with Gasteiger partial charge in [0.2, 0.25) is 11.1 Å². The van der Waals surface area contributed by atoms with Crippen molar-refractivity contribution >= 4 is 39.7 Å². The van der Waals surface area contributed by atoms with E-state index in [1.54, 1.807) is 12.1 Å². The lowest BCUT2D eigenvalue weighted by Gasteiger charge is -2.31. The molecule has 1 amide bonds. The molecule has 6 rings (SSSR count). The number of thioether (sulfide) groups is 1. The van der Waals surface area contributed by atoms with Gasteiger partial charge in [0.15, 0.2) is 5.65 Å². The van der Waals surface area contributed by atoms with E-state index in [1.165, 1.54) is 29.0 Å². The van der Waals surface area contributed by atoms with Gasteiger partial charge in [-0.1, -0.05) is 72.8 Å². The fourth-order valence-electron chi connectivity index (χ4n) is 5.18. The maximum absolute atomic E-state index is 14.6. The third kappa shape index (κ3) is 4.53. The summed E-state index contributed by atoms with van der Waals surface area (Å²) in [4.78, 5) is 20.3. The number of amides is 1. The molecule has 3 heterocycles. The molecule has 2 aromatic heterocycles. The van der Waals surface area contributed by atoms with Gasteiger partial charge in [0.1, 0.15) is 11.3 Å². The molecule has 38 heavy (non-hydrogen) atoms. The van der Waals surface area contributed by atoms with Crippen LogP contribution < -0.4 is 0 Å². The van der Waals surface area contributed by atoms with E-state index in [9.17, 15) is 9.18 Å². The summed E-state index contributed by atoms with van der Waals surface area (Å²) in [5.41, 5.74) is 6.44. The van der Waals surface area contributed by atoms with Gasteiger partial charge in [-0.05, 0) is 49.1 Å². The van der Waals surface area contributed by atoms with E-state index in [2.05, 4.69) is 28.4 Å². The van der Waals surface area contributed by atoms with Gasteiger partial charge in [-0.15, -0.1) is 10.2 Å². The van der Waals surface area contributed by atoms with Gasteiger partial charge < -0.3 is 9.47 Å². The third-order valence-corrected chi connectivity index (χ3v) is 8.43. The van der Waals surface area contributed by atoms with E-state index in [4.69, 9.17) is 4.98 Å². The minimum Gasteiger partial charge on any atom is -0.337 e. The van der Waals surface area contributed by atoms with E-state index in [0.717, 1.165) is 22.9 Å². The highest BCUT2D eigenvalue weighted by Crippen LogP contribution is 2.31. The molecule has 8 heteroatoms. The quantitative estimate of drug-likeness (QED) is 0.257. The predicted octanol–water partition coefficient (Wildman–Crippen LogP) is 5.93. The number of aromatic nitrogens is 4. The lowest BCUT2D eigenvalue weighted by atomic mass is 9.99. The number of rotatable bonds is 6. The summed E-state index contributed by atoms with van der Waals surface area (Å²) in [6.45, 7) is 5.70. The zero-order valence-electron chi connectivity index (χ0n) is 21.4. The number of benzene rings is 3. The molecule has 1 aliphatic rings. The minimum absolute atomic E-state index is 0.0956. The molecule has 0 saturated carbocycles. The Morgan fingerprint density at radius 2 is 1.84 bits per heavy atom. The van der Waals surface area contributed by atoms with Gasteiger partial charge in [-0.2, -0.15) is 0 Å². The average Bonchev–Trinajstić information content (AvgIpc) is 3.24. The van der Waals surface area contributed by atoms with E-state index >= 15 is 0 Å². The van der Waals surface area contributed by atoms with Gasteiger partial charge in [0.05, 0.1) is 17.3 Å². The smallest absolute Gasteiger partial charge is 0.236 e. The molecule has 6 nitrogen and oxygen atoms in total. The van der Waals surface area contributed by atoms with Gasteiger partial charge in [0.25, 0.3) is 0 Å². The SMILES string of the molecule is CCC(Sc1nnc2c3cc(C)ccc3n(Cc3ccccc3F)c2n1)C(=O)N1CCc2ccccc2C1. The van der Waals surface area contributed by atoms with Gasteiger partial charge in [-0.3, -0.25) is 4.79 Å². The second-order valence-corrected chi connectivity index (χ2v) is 10.9. The summed E-state index contributed by atoms with van der Waals surface area (Å²) in [6.07, 6.45) is 1.52. The maximum atomic E-state index is 14.6. The molecule has 5 aromatic rings. The summed E-state index contributed by atoms with van der Waals surface area (Å²) < 4.78 is 16.6. The molecule has 1 unspecified atom stereocenters. The molecule has 192 valence electrons. The zero-order valence-corrected chi connectivity index (χ0v) is 22.2. The number of carbonyl (C=O) groups is 1. The van der Waals surface area contributed by atoms with E-state index in [-0.39, 0.29) is 17.0 Å². The van der Waals surface area contributed by atoms with Crippen LogP contribution in [0.2, 0.25) is 0 Å². The highest BCUT2D eigenvalue weighted by molar-refractivity contribution is 8.00. The van der Waals surface area contributed by atoms with Crippen LogP contribution in [0.4, 0.5) is 4.39 Å². The van der Waals surface area contributed by atoms with Crippen molar-refractivity contribution in [2.75, 3.05) is 6.54 Å². The Morgan fingerprint density at radius 3 is 2.66 bits per heavy atom. The Balaban J connectivity index is 1.33. The topological polar surface area (TPSA) is 63.9 Å². The van der Waals surface area contributed by atoms with Crippen LogP contribution in [0, 0.1) is 12.7 Å². The summed E-state index contributed by atoms with van der Waals surface area (Å²) in [5, 5.41) is 10.0. The lowest BCUT2D eigenvalue weighted by Crippen LogP contribution is -2.40. The van der Waals surface area contributed by atoms with Gasteiger partial charge in [-0.25, -0.2) is 9.37 Å². The Bertz CT molecular complexity index is 1670. The van der Waals surface area contributed by atoms with E-state index in [1.807, 2.05) is 53.6 Å². The highest BCUT2D eigenvalue weighted by Gasteiger charge is 2.28. The number of fused-ring (bicyclic) bond motifs is 4. The number of carbonyl (C=O) groups excluding carboxylic acids is 1. The average molecular weight is 526 g/mol. The van der Waals surface area contributed by atoms with Crippen LogP contribution in [-0.2, 0) is 24.3 Å². The van der Waals surface area contributed by atoms with Crippen molar-refractivity contribution in [3.8, 4) is 0 Å². The monoisotopic (exact) mass is 525 g/mol. The van der Waals surface area contributed by atoms with Crippen molar-refractivity contribution in [3.05, 3.63) is 94.8 Å². The Hall–Kier alpha value is -3.78. The normalized spacial score (nSPS) is 14.1. The molecule has 1 atom stereocenters. The number of halogens is 1. The fraction of sp³-hybridized carbons (Fsp3) is 0.267. The summed E-state index contributed by atoms with van der Waals surface area (Å²) in [7, 11) is 0. The molecule has 0 spiro atoms. The Morgan fingerprint density at radius 1 is 1.05 bits per heavy atom. The molecular weight excluding hydrogens is 497 g/mol. The first-order chi connectivity index (χ1) is 18.5. The molecule has 0 radical (unpaired) electrons. The Kier molecular flexibility index (Phi) is 6.57. The molecule has 0 N–H and O–H groups in total. The van der Waals surface area contributed by atoms with Crippen LogP contribution >= 0.6 is 11.8 Å². The molecule has 0 bridgehead atoms. The first-order valence-electron chi connectivity index (χ1n) is 12.9. The fourth-order valence-corrected chi connectivity index (χ4v) is 6.08. The molecular formula is C30H28FN5OS. The summed E-state index contributed by atoms with van der Waals surface area (Å²) in [6, 6.07) is 21.2. The highest BCUT2D eigenvalue weighted by atomic mass is 32.2. The molecule has 1 aliphatic heterocycles. The summed E-state index contributed by atoms with van der Waals surface area (Å²) in [5.74, 6) is -0.163. The second-order valence-electron chi connectivity index (χ2n) is 9.76. The largest absolute Gasteiger partial charge is 0.337 e. The number of hydrogen-bond acceptors (Lipinski definition) is 5. The van der Waals surface area contributed by atoms with Gasteiger partial charge >= 0.3 is 0 Å². The van der Waals surface area contributed by atoms with Crippen molar-refractivity contribution in [3.63, 3.8) is 0 Å². The van der Waals surface area contributed by atoms with Crippen molar-refractivity contribution in [1.82, 2.24) is 24.6 Å². The molecule has 3 aromatic carbocycles. The van der Waals surface area contributed by atoms with Crippen molar-refractivity contribution in [1.29, 1.82) is 0 Å². The van der Waals surface area contributed by atoms with Crippen LogP contribution in [-0.4, -0.2) is 42.4 Å². The first-order valence-corrected chi connectivity index (χ1v) is 13.8. The molecule has 0 saturated heterocycles. The van der Waals surface area contributed by atoms with Crippen LogP contribution in [0.5, 0.6) is 0 Å². The van der Waals surface area contributed by atoms with Crippen LogP contribution in [0.1, 0.15) is 35.6 Å². The van der Waals surface area contributed by atoms with Crippen LogP contribution in [0.3, 0.4) is 0 Å². The van der Waals surface area contributed by atoms with Crippen molar-refractivity contribution < 1.29 is 9.18 Å². The van der Waals surface area contributed by atoms with E-state index in [0.29, 0.717) is 47.9 Å². The Labute approximate surface area is 224 Å². The predicted molar refractivity (Wildman–Crippen MR) is 149 cm³/mol. The zero-order chi connectivity index (χ0) is 26.2. The van der Waals surface area contributed by atoms with Gasteiger partial charge in [0, 0.05) is 24.0 Å². The first kappa shape index (κ1) is 24.6. The number of aryl methyl sites for hydroxylation is 1. The summed E-state index contributed by atoms with van der Waals surface area (Å²) >= 11 is 1.35. The van der Waals surface area contributed by atoms with Crippen LogP contribution in [0.25, 0.3) is 22.1 Å². The van der Waals surface area contributed by atoms with E-state index < -0.39 is 0 Å². The number of nitrogens with zero attached hydrogens (tertiary/aromatic N) is 5. The number of hydrogen-bond donors (Lipinski definition) is 0. The third-order valence-electron chi connectivity index (χ3n) is 7.23. The van der Waals surface area contributed by atoms with Crippen molar-refractivity contribution in [2.24, 2.45) is 0 Å². The molecule has 0 fully saturated rings. The van der Waals surface area contributed by atoms with Crippen molar-refractivity contribution in [2.45, 2.75) is 50.2 Å². The second kappa shape index (κ2) is 10.2. The van der Waals surface area contributed by atoms with Crippen LogP contribution in [0.15, 0.2) is 71.9 Å². The maximum Gasteiger partial charge on any atom is 0.236 e. The lowest BCUT2D eigenvalue weighted by molar-refractivity contribution is -0.131. The molecule has 0 aliphatic carbocycles.